The van der Waals surface area contributed by atoms with Crippen LogP contribution in [0.3, 0.4) is 0 Å². The monoisotopic (exact) mass is 333 g/mol. The van der Waals surface area contributed by atoms with Crippen LogP contribution in [-0.4, -0.2) is 44.6 Å². The molecule has 2 aromatic rings. The van der Waals surface area contributed by atoms with Gasteiger partial charge in [-0.25, -0.2) is 4.98 Å². The van der Waals surface area contributed by atoms with Gasteiger partial charge in [0, 0.05) is 31.1 Å². The molecule has 0 fully saturated rings. The van der Waals surface area contributed by atoms with Crippen molar-refractivity contribution in [2.24, 2.45) is 0 Å². The molecular weight excluding hydrogens is 314 g/mol. The molecule has 7 nitrogen and oxygen atoms in total. The minimum atomic E-state index is -0.197. The molecule has 0 bridgehead atoms. The van der Waals surface area contributed by atoms with Crippen molar-refractivity contribution in [1.82, 2.24) is 25.0 Å². The van der Waals surface area contributed by atoms with Crippen molar-refractivity contribution in [2.45, 2.75) is 32.4 Å². The third-order valence-corrected chi connectivity index (χ3v) is 4.45. The van der Waals surface area contributed by atoms with Gasteiger partial charge >= 0.3 is 0 Å². The molecule has 1 aliphatic rings. The highest BCUT2D eigenvalue weighted by Crippen LogP contribution is 2.20. The largest absolute Gasteiger partial charge is 0.348 e. The van der Waals surface area contributed by atoms with Crippen molar-refractivity contribution in [1.29, 1.82) is 0 Å². The topological polar surface area (TPSA) is 80.1 Å². The normalized spacial score (nSPS) is 16.9. The Morgan fingerprint density at radius 1 is 1.48 bits per heavy atom. The Bertz CT molecular complexity index is 682. The molecule has 0 saturated carbocycles. The fraction of sp³-hybridized carbons (Fsp3) is 0.467. The predicted octanol–water partition coefficient (Wildman–Crippen LogP) is 1.45. The molecule has 0 aromatic carbocycles. The molecule has 122 valence electrons. The van der Waals surface area contributed by atoms with E-state index >= 15 is 0 Å². The number of carbonyl (C=O) groups is 2. The predicted molar refractivity (Wildman–Crippen MR) is 86.0 cm³/mol. The van der Waals surface area contributed by atoms with Gasteiger partial charge < -0.3 is 10.2 Å². The molecule has 0 aliphatic carbocycles. The smallest absolute Gasteiger partial charge is 0.270 e. The van der Waals surface area contributed by atoms with Gasteiger partial charge in [0.05, 0.1) is 23.8 Å². The quantitative estimate of drug-likeness (QED) is 0.898. The SMILES string of the molecule is CCCC(=O)N1Cc2ccnn2[C@@H](CNC(=O)c2cscn2)C1. The number of hydrogen-bond acceptors (Lipinski definition) is 5. The molecule has 3 heterocycles. The second-order valence-electron chi connectivity index (χ2n) is 5.53. The molecule has 3 rings (SSSR count). The summed E-state index contributed by atoms with van der Waals surface area (Å²) in [5.74, 6) is -0.0484. The van der Waals surface area contributed by atoms with E-state index in [-0.39, 0.29) is 17.9 Å². The molecule has 2 aromatic heterocycles. The zero-order chi connectivity index (χ0) is 16.2. The van der Waals surface area contributed by atoms with Crippen molar-refractivity contribution in [3.63, 3.8) is 0 Å². The Morgan fingerprint density at radius 2 is 2.35 bits per heavy atom. The van der Waals surface area contributed by atoms with Crippen LogP contribution in [0.2, 0.25) is 0 Å². The highest BCUT2D eigenvalue weighted by molar-refractivity contribution is 7.07. The summed E-state index contributed by atoms with van der Waals surface area (Å²) >= 11 is 1.39. The van der Waals surface area contributed by atoms with Crippen LogP contribution in [-0.2, 0) is 11.3 Å². The van der Waals surface area contributed by atoms with Gasteiger partial charge in [-0.15, -0.1) is 11.3 Å². The highest BCUT2D eigenvalue weighted by atomic mass is 32.1. The molecule has 8 heteroatoms. The highest BCUT2D eigenvalue weighted by Gasteiger charge is 2.28. The Morgan fingerprint density at radius 3 is 3.09 bits per heavy atom. The van der Waals surface area contributed by atoms with Gasteiger partial charge in [-0.2, -0.15) is 5.10 Å². The number of rotatable bonds is 5. The lowest BCUT2D eigenvalue weighted by Crippen LogP contribution is -2.45. The molecule has 23 heavy (non-hydrogen) atoms. The number of thiazole rings is 1. The third-order valence-electron chi connectivity index (χ3n) is 3.86. The van der Waals surface area contributed by atoms with E-state index in [0.29, 0.717) is 31.7 Å². The van der Waals surface area contributed by atoms with Crippen LogP contribution >= 0.6 is 11.3 Å². The van der Waals surface area contributed by atoms with Crippen LogP contribution in [0, 0.1) is 0 Å². The van der Waals surface area contributed by atoms with Gasteiger partial charge in [-0.05, 0) is 12.5 Å². The van der Waals surface area contributed by atoms with E-state index in [4.69, 9.17) is 0 Å². The number of aromatic nitrogens is 3. The maximum atomic E-state index is 12.2. The van der Waals surface area contributed by atoms with Gasteiger partial charge in [0.2, 0.25) is 5.91 Å². The molecule has 0 spiro atoms. The van der Waals surface area contributed by atoms with Crippen LogP contribution in [0.1, 0.15) is 42.0 Å². The van der Waals surface area contributed by atoms with Gasteiger partial charge in [-0.3, -0.25) is 14.3 Å². The number of nitrogens with zero attached hydrogens (tertiary/aromatic N) is 4. The maximum absolute atomic E-state index is 12.2. The summed E-state index contributed by atoms with van der Waals surface area (Å²) in [5.41, 5.74) is 3.05. The zero-order valence-corrected chi connectivity index (χ0v) is 13.8. The summed E-state index contributed by atoms with van der Waals surface area (Å²) in [7, 11) is 0. The van der Waals surface area contributed by atoms with Crippen LogP contribution in [0.4, 0.5) is 0 Å². The average Bonchev–Trinajstić information content (AvgIpc) is 3.23. The summed E-state index contributed by atoms with van der Waals surface area (Å²) in [6, 6.07) is 1.86. The lowest BCUT2D eigenvalue weighted by molar-refractivity contribution is -0.133. The molecule has 1 aliphatic heterocycles. The molecule has 1 N–H and O–H groups in total. The van der Waals surface area contributed by atoms with E-state index in [1.807, 2.05) is 22.6 Å². The first kappa shape index (κ1) is 15.7. The van der Waals surface area contributed by atoms with Crippen LogP contribution < -0.4 is 5.32 Å². The Labute approximate surface area is 138 Å². The van der Waals surface area contributed by atoms with E-state index in [0.717, 1.165) is 12.1 Å². The molecular formula is C15H19N5O2S. The number of hydrogen-bond donors (Lipinski definition) is 1. The van der Waals surface area contributed by atoms with Gasteiger partial charge in [-0.1, -0.05) is 6.92 Å². The Kier molecular flexibility index (Phi) is 4.71. The van der Waals surface area contributed by atoms with Crippen molar-refractivity contribution >= 4 is 23.2 Å². The van der Waals surface area contributed by atoms with Crippen LogP contribution in [0.15, 0.2) is 23.2 Å². The minimum absolute atomic E-state index is 0.0582. The van der Waals surface area contributed by atoms with Crippen molar-refractivity contribution < 1.29 is 9.59 Å². The fourth-order valence-corrected chi connectivity index (χ4v) is 3.26. The van der Waals surface area contributed by atoms with E-state index in [2.05, 4.69) is 15.4 Å². The second kappa shape index (κ2) is 6.91. The lowest BCUT2D eigenvalue weighted by atomic mass is 10.1. The maximum Gasteiger partial charge on any atom is 0.270 e. The zero-order valence-electron chi connectivity index (χ0n) is 12.9. The van der Waals surface area contributed by atoms with Crippen molar-refractivity contribution in [3.05, 3.63) is 34.5 Å². The third kappa shape index (κ3) is 3.42. The van der Waals surface area contributed by atoms with E-state index in [1.54, 1.807) is 17.1 Å². The average molecular weight is 333 g/mol. The first-order valence-corrected chi connectivity index (χ1v) is 8.60. The van der Waals surface area contributed by atoms with Crippen molar-refractivity contribution in [2.75, 3.05) is 13.1 Å². The van der Waals surface area contributed by atoms with Gasteiger partial charge in [0.25, 0.3) is 5.91 Å². The first-order valence-electron chi connectivity index (χ1n) is 7.65. The minimum Gasteiger partial charge on any atom is -0.348 e. The van der Waals surface area contributed by atoms with Gasteiger partial charge in [0.1, 0.15) is 5.69 Å². The molecule has 0 unspecified atom stereocenters. The number of nitrogens with one attached hydrogen (secondary N) is 1. The fourth-order valence-electron chi connectivity index (χ4n) is 2.73. The number of carbonyl (C=O) groups excluding carboxylic acids is 2. The van der Waals surface area contributed by atoms with E-state index < -0.39 is 0 Å². The lowest BCUT2D eigenvalue weighted by Gasteiger charge is -2.34. The molecule has 0 radical (unpaired) electrons. The van der Waals surface area contributed by atoms with E-state index in [1.165, 1.54) is 11.3 Å². The summed E-state index contributed by atoms with van der Waals surface area (Å²) < 4.78 is 1.90. The standard InChI is InChI=1S/C15H19N5O2S/c1-2-3-14(21)19-7-11-4-5-18-20(11)12(8-19)6-16-15(22)13-9-23-10-17-13/h4-5,9-10,12H,2-3,6-8H2,1H3,(H,16,22)/t12-/m0/s1. The molecule has 0 saturated heterocycles. The summed E-state index contributed by atoms with van der Waals surface area (Å²) in [5, 5.41) is 8.93. The number of fused-ring (bicyclic) bond motifs is 1. The summed E-state index contributed by atoms with van der Waals surface area (Å²) in [4.78, 5) is 30.1. The van der Waals surface area contributed by atoms with Crippen molar-refractivity contribution in [3.8, 4) is 0 Å². The molecule has 2 amide bonds. The summed E-state index contributed by atoms with van der Waals surface area (Å²) in [6.07, 6.45) is 3.12. The second-order valence-corrected chi connectivity index (χ2v) is 6.25. The summed E-state index contributed by atoms with van der Waals surface area (Å²) in [6.45, 7) is 3.55. The molecule has 1 atom stereocenters. The van der Waals surface area contributed by atoms with Gasteiger partial charge in [0.15, 0.2) is 0 Å². The van der Waals surface area contributed by atoms with Crippen LogP contribution in [0.25, 0.3) is 0 Å². The van der Waals surface area contributed by atoms with E-state index in [9.17, 15) is 9.59 Å². The first-order chi connectivity index (χ1) is 11.2. The number of amides is 2. The Balaban J connectivity index is 1.68. The van der Waals surface area contributed by atoms with Crippen LogP contribution in [0.5, 0.6) is 0 Å². The Hall–Kier alpha value is -2.22.